The molecule has 96 valence electrons. The van der Waals surface area contributed by atoms with Crippen LogP contribution in [0.15, 0.2) is 18.2 Å². The highest BCUT2D eigenvalue weighted by Gasteiger charge is 2.28. The first-order valence-corrected chi connectivity index (χ1v) is 6.46. The Morgan fingerprint density at radius 3 is 2.94 bits per heavy atom. The molecule has 0 N–H and O–H groups in total. The van der Waals surface area contributed by atoms with Gasteiger partial charge in [0, 0.05) is 18.1 Å². The van der Waals surface area contributed by atoms with Crippen LogP contribution in [-0.2, 0) is 4.74 Å². The lowest BCUT2D eigenvalue weighted by Crippen LogP contribution is -2.33. The van der Waals surface area contributed by atoms with Gasteiger partial charge in [-0.15, -0.1) is 6.42 Å². The van der Waals surface area contributed by atoms with Crippen LogP contribution < -0.4 is 4.74 Å². The van der Waals surface area contributed by atoms with E-state index < -0.39 is 0 Å². The van der Waals surface area contributed by atoms with Gasteiger partial charge in [-0.2, -0.15) is 0 Å². The number of rotatable bonds is 3. The molecule has 1 aromatic rings. The Morgan fingerprint density at radius 2 is 2.28 bits per heavy atom. The van der Waals surface area contributed by atoms with Gasteiger partial charge in [-0.1, -0.05) is 32.8 Å². The van der Waals surface area contributed by atoms with Crippen molar-refractivity contribution in [2.24, 2.45) is 5.92 Å². The van der Waals surface area contributed by atoms with E-state index in [1.807, 2.05) is 12.1 Å². The average Bonchev–Trinajstić information content (AvgIpc) is 2.37. The quantitative estimate of drug-likeness (QED) is 0.760. The molecular formula is C16H20O2. The minimum Gasteiger partial charge on any atom is -0.491 e. The predicted octanol–water partition coefficient (Wildman–Crippen LogP) is 3.21. The van der Waals surface area contributed by atoms with Crippen LogP contribution in [0.2, 0.25) is 0 Å². The minimum absolute atomic E-state index is 0.136. The largest absolute Gasteiger partial charge is 0.491 e. The Kier molecular flexibility index (Phi) is 3.93. The van der Waals surface area contributed by atoms with E-state index in [0.29, 0.717) is 18.4 Å². The number of benzene rings is 1. The minimum atomic E-state index is 0.136. The maximum absolute atomic E-state index is 5.90. The summed E-state index contributed by atoms with van der Waals surface area (Å²) in [5.74, 6) is 4.43. The second-order valence-electron chi connectivity index (χ2n) is 5.26. The molecule has 18 heavy (non-hydrogen) atoms. The number of hydrogen-bond acceptors (Lipinski definition) is 2. The summed E-state index contributed by atoms with van der Waals surface area (Å²) in [4.78, 5) is 0. The SMILES string of the molecule is C#Cc1ccc2c(c1)OC[C@@H](OCC(C)C)[C@H]2C. The topological polar surface area (TPSA) is 18.5 Å². The van der Waals surface area contributed by atoms with Gasteiger partial charge >= 0.3 is 0 Å². The Morgan fingerprint density at radius 1 is 1.50 bits per heavy atom. The molecule has 0 amide bonds. The van der Waals surface area contributed by atoms with Crippen molar-refractivity contribution >= 4 is 0 Å². The third-order valence-electron chi connectivity index (χ3n) is 3.28. The first-order chi connectivity index (χ1) is 8.61. The lowest BCUT2D eigenvalue weighted by molar-refractivity contribution is -0.0156. The van der Waals surface area contributed by atoms with Gasteiger partial charge in [-0.25, -0.2) is 0 Å². The maximum Gasteiger partial charge on any atom is 0.124 e. The molecule has 2 rings (SSSR count). The molecule has 0 radical (unpaired) electrons. The normalized spacial score (nSPS) is 22.2. The Hall–Kier alpha value is -1.46. The molecule has 0 saturated heterocycles. The van der Waals surface area contributed by atoms with Gasteiger partial charge in [0.2, 0.25) is 0 Å². The zero-order valence-electron chi connectivity index (χ0n) is 11.3. The van der Waals surface area contributed by atoms with Crippen molar-refractivity contribution in [2.75, 3.05) is 13.2 Å². The molecule has 0 fully saturated rings. The summed E-state index contributed by atoms with van der Waals surface area (Å²) in [6, 6.07) is 5.95. The van der Waals surface area contributed by atoms with Crippen molar-refractivity contribution in [1.29, 1.82) is 0 Å². The van der Waals surface area contributed by atoms with Crippen molar-refractivity contribution in [3.63, 3.8) is 0 Å². The standard InChI is InChI=1S/C16H20O2/c1-5-13-6-7-14-12(4)16(17-9-11(2)3)10-18-15(14)8-13/h1,6-8,11-12,16H,9-10H2,2-4H3/t12-,16+/m0/s1. The van der Waals surface area contributed by atoms with Gasteiger partial charge in [0.25, 0.3) is 0 Å². The van der Waals surface area contributed by atoms with Crippen LogP contribution >= 0.6 is 0 Å². The van der Waals surface area contributed by atoms with E-state index in [1.165, 1.54) is 5.56 Å². The molecular weight excluding hydrogens is 224 g/mol. The summed E-state index contributed by atoms with van der Waals surface area (Å²) in [5.41, 5.74) is 2.05. The zero-order valence-corrected chi connectivity index (χ0v) is 11.3. The van der Waals surface area contributed by atoms with Gasteiger partial charge in [-0.3, -0.25) is 0 Å². The molecule has 0 spiro atoms. The van der Waals surface area contributed by atoms with E-state index in [0.717, 1.165) is 17.9 Å². The molecule has 2 heteroatoms. The highest BCUT2D eigenvalue weighted by molar-refractivity contribution is 5.46. The summed E-state index contributed by atoms with van der Waals surface area (Å²) in [6.07, 6.45) is 5.53. The van der Waals surface area contributed by atoms with E-state index in [4.69, 9.17) is 15.9 Å². The molecule has 2 nitrogen and oxygen atoms in total. The molecule has 1 aromatic carbocycles. The maximum atomic E-state index is 5.90. The molecule has 1 aliphatic rings. The zero-order chi connectivity index (χ0) is 13.1. The van der Waals surface area contributed by atoms with Crippen molar-refractivity contribution < 1.29 is 9.47 Å². The third-order valence-corrected chi connectivity index (χ3v) is 3.28. The van der Waals surface area contributed by atoms with Crippen LogP contribution in [-0.4, -0.2) is 19.3 Å². The van der Waals surface area contributed by atoms with Gasteiger partial charge in [0.1, 0.15) is 12.4 Å². The van der Waals surface area contributed by atoms with Crippen LogP contribution in [0.1, 0.15) is 37.8 Å². The fourth-order valence-electron chi connectivity index (χ4n) is 2.15. The van der Waals surface area contributed by atoms with Crippen molar-refractivity contribution in [1.82, 2.24) is 0 Å². The highest BCUT2D eigenvalue weighted by Crippen LogP contribution is 2.35. The number of terminal acetylenes is 1. The lowest BCUT2D eigenvalue weighted by atomic mass is 9.91. The monoisotopic (exact) mass is 244 g/mol. The predicted molar refractivity (Wildman–Crippen MR) is 72.9 cm³/mol. The van der Waals surface area contributed by atoms with Crippen molar-refractivity contribution in [3.8, 4) is 18.1 Å². The second-order valence-corrected chi connectivity index (χ2v) is 5.26. The molecule has 0 unspecified atom stereocenters. The molecule has 1 aliphatic heterocycles. The smallest absolute Gasteiger partial charge is 0.124 e. The summed E-state index contributed by atoms with van der Waals surface area (Å²) in [5, 5.41) is 0. The molecule has 0 aromatic heterocycles. The van der Waals surface area contributed by atoms with Crippen LogP contribution in [0.3, 0.4) is 0 Å². The average molecular weight is 244 g/mol. The highest BCUT2D eigenvalue weighted by atomic mass is 16.5. The van der Waals surface area contributed by atoms with Gasteiger partial charge in [0.05, 0.1) is 6.10 Å². The Balaban J connectivity index is 2.13. The number of hydrogen-bond donors (Lipinski definition) is 0. The lowest BCUT2D eigenvalue weighted by Gasteiger charge is -2.32. The first kappa shape index (κ1) is 13.0. The molecule has 0 saturated carbocycles. The summed E-state index contributed by atoms with van der Waals surface area (Å²) >= 11 is 0. The summed E-state index contributed by atoms with van der Waals surface area (Å²) in [7, 11) is 0. The van der Waals surface area contributed by atoms with E-state index in [1.54, 1.807) is 0 Å². The fraction of sp³-hybridized carbons (Fsp3) is 0.500. The van der Waals surface area contributed by atoms with Gasteiger partial charge < -0.3 is 9.47 Å². The van der Waals surface area contributed by atoms with E-state index in [2.05, 4.69) is 32.8 Å². The van der Waals surface area contributed by atoms with Crippen molar-refractivity contribution in [3.05, 3.63) is 29.3 Å². The second kappa shape index (κ2) is 5.46. The number of fused-ring (bicyclic) bond motifs is 1. The molecule has 0 aliphatic carbocycles. The molecule has 1 heterocycles. The fourth-order valence-corrected chi connectivity index (χ4v) is 2.15. The number of ether oxygens (including phenoxy) is 2. The van der Waals surface area contributed by atoms with E-state index in [-0.39, 0.29) is 6.10 Å². The summed E-state index contributed by atoms with van der Waals surface area (Å²) < 4.78 is 11.7. The molecule has 2 atom stereocenters. The van der Waals surface area contributed by atoms with Crippen LogP contribution in [0.5, 0.6) is 5.75 Å². The first-order valence-electron chi connectivity index (χ1n) is 6.46. The van der Waals surface area contributed by atoms with E-state index in [9.17, 15) is 0 Å². The third kappa shape index (κ3) is 2.68. The van der Waals surface area contributed by atoms with Crippen molar-refractivity contribution in [2.45, 2.75) is 32.8 Å². The van der Waals surface area contributed by atoms with Crippen LogP contribution in [0.4, 0.5) is 0 Å². The van der Waals surface area contributed by atoms with E-state index >= 15 is 0 Å². The van der Waals surface area contributed by atoms with Gasteiger partial charge in [-0.05, 0) is 23.6 Å². The Labute approximate surface area is 109 Å². The van der Waals surface area contributed by atoms with Crippen LogP contribution in [0.25, 0.3) is 0 Å². The van der Waals surface area contributed by atoms with Crippen LogP contribution in [0, 0.1) is 18.3 Å². The molecule has 0 bridgehead atoms. The van der Waals surface area contributed by atoms with Gasteiger partial charge in [0.15, 0.2) is 0 Å². The Bertz CT molecular complexity index is 457. The summed E-state index contributed by atoms with van der Waals surface area (Å²) in [6.45, 7) is 7.87.